The van der Waals surface area contributed by atoms with Gasteiger partial charge in [-0.15, -0.1) is 0 Å². The molecule has 2 saturated heterocycles. The molecule has 0 aliphatic carbocycles. The molecule has 0 saturated carbocycles. The number of hydrogen-bond acceptors (Lipinski definition) is 6. The van der Waals surface area contributed by atoms with E-state index >= 15 is 0 Å². The average Bonchev–Trinajstić information content (AvgIpc) is 2.44. The van der Waals surface area contributed by atoms with Crippen LogP contribution in [0.5, 0.6) is 0 Å². The summed E-state index contributed by atoms with van der Waals surface area (Å²) < 4.78 is 22.7. The quantitative estimate of drug-likeness (QED) is 0.680. The van der Waals surface area contributed by atoms with Crippen LogP contribution in [-0.2, 0) is 18.0 Å². The van der Waals surface area contributed by atoms with Gasteiger partial charge in [-0.25, -0.2) is 0 Å². The Hall–Kier alpha value is -0.0231. The highest BCUT2D eigenvalue weighted by molar-refractivity contribution is 6.60. The maximum atomic E-state index is 5.87. The highest BCUT2D eigenvalue weighted by atomic mass is 28.4. The van der Waals surface area contributed by atoms with Crippen LogP contribution in [0, 0.1) is 0 Å². The van der Waals surface area contributed by atoms with Crippen LogP contribution in [-0.4, -0.2) is 91.9 Å². The monoisotopic (exact) mass is 304 g/mol. The standard InChI is InChI=1S/C13H28N2O4Si/c1-14-5-7-15(8-6-14)4-3-13-20(16-2)18-11-9-17-10-12-19-20/h3-13H2,1-2H3. The lowest BCUT2D eigenvalue weighted by atomic mass is 10.3. The molecule has 2 heterocycles. The smallest absolute Gasteiger partial charge is 0.377 e. The van der Waals surface area contributed by atoms with Gasteiger partial charge in [0, 0.05) is 39.3 Å². The number of ether oxygens (including phenoxy) is 1. The first-order valence-electron chi connectivity index (χ1n) is 7.56. The predicted octanol–water partition coefficient (Wildman–Crippen LogP) is 0.273. The minimum atomic E-state index is -2.45. The summed E-state index contributed by atoms with van der Waals surface area (Å²) in [4.78, 5) is 4.90. The molecule has 0 aromatic rings. The van der Waals surface area contributed by atoms with E-state index in [1.54, 1.807) is 7.11 Å². The zero-order valence-corrected chi connectivity index (χ0v) is 13.8. The van der Waals surface area contributed by atoms with Crippen molar-refractivity contribution < 1.29 is 18.0 Å². The molecule has 0 atom stereocenters. The van der Waals surface area contributed by atoms with E-state index in [1.807, 2.05) is 0 Å². The molecule has 118 valence electrons. The van der Waals surface area contributed by atoms with Gasteiger partial charge in [0.2, 0.25) is 0 Å². The molecule has 6 nitrogen and oxygen atoms in total. The lowest BCUT2D eigenvalue weighted by Gasteiger charge is -2.34. The molecular weight excluding hydrogens is 276 g/mol. The molecule has 2 aliphatic rings. The fourth-order valence-electron chi connectivity index (χ4n) is 2.61. The van der Waals surface area contributed by atoms with E-state index in [0.29, 0.717) is 26.4 Å². The van der Waals surface area contributed by atoms with E-state index in [0.717, 1.165) is 45.2 Å². The van der Waals surface area contributed by atoms with E-state index in [1.165, 1.54) is 0 Å². The third kappa shape index (κ3) is 5.07. The van der Waals surface area contributed by atoms with Gasteiger partial charge in [-0.1, -0.05) is 0 Å². The molecular formula is C13H28N2O4Si. The van der Waals surface area contributed by atoms with Crippen molar-refractivity contribution in [2.24, 2.45) is 0 Å². The molecule has 2 aliphatic heterocycles. The number of hydrogen-bond donors (Lipinski definition) is 0. The lowest BCUT2D eigenvalue weighted by Crippen LogP contribution is -2.49. The Balaban J connectivity index is 1.71. The van der Waals surface area contributed by atoms with Crippen LogP contribution in [0.3, 0.4) is 0 Å². The van der Waals surface area contributed by atoms with Crippen molar-refractivity contribution in [3.8, 4) is 0 Å². The second-order valence-corrected chi connectivity index (χ2v) is 8.30. The Morgan fingerprint density at radius 2 is 1.65 bits per heavy atom. The first-order valence-corrected chi connectivity index (χ1v) is 9.49. The van der Waals surface area contributed by atoms with Crippen molar-refractivity contribution in [2.45, 2.75) is 12.5 Å². The summed E-state index contributed by atoms with van der Waals surface area (Å²) in [6, 6.07) is 0.899. The second-order valence-electron chi connectivity index (χ2n) is 5.44. The summed E-state index contributed by atoms with van der Waals surface area (Å²) in [5.74, 6) is 0. The van der Waals surface area contributed by atoms with Gasteiger partial charge in [0.15, 0.2) is 0 Å². The van der Waals surface area contributed by atoms with Crippen LogP contribution in [0.4, 0.5) is 0 Å². The van der Waals surface area contributed by atoms with Crippen molar-refractivity contribution in [1.82, 2.24) is 9.80 Å². The van der Waals surface area contributed by atoms with Crippen LogP contribution in [0.1, 0.15) is 6.42 Å². The molecule has 20 heavy (non-hydrogen) atoms. The van der Waals surface area contributed by atoms with Gasteiger partial charge >= 0.3 is 8.80 Å². The van der Waals surface area contributed by atoms with Gasteiger partial charge < -0.3 is 27.8 Å². The van der Waals surface area contributed by atoms with Crippen LogP contribution in [0.25, 0.3) is 0 Å². The van der Waals surface area contributed by atoms with E-state index < -0.39 is 8.80 Å². The zero-order chi connectivity index (χ0) is 14.3. The number of rotatable bonds is 5. The molecule has 0 amide bonds. The van der Waals surface area contributed by atoms with E-state index in [4.69, 9.17) is 18.0 Å². The Labute approximate surface area is 123 Å². The Bertz CT molecular complexity index is 267. The van der Waals surface area contributed by atoms with Crippen LogP contribution < -0.4 is 0 Å². The molecule has 2 rings (SSSR count). The maximum absolute atomic E-state index is 5.87. The van der Waals surface area contributed by atoms with E-state index in [9.17, 15) is 0 Å². The van der Waals surface area contributed by atoms with Crippen LogP contribution in [0.2, 0.25) is 6.04 Å². The molecule has 0 spiro atoms. The van der Waals surface area contributed by atoms with E-state index in [2.05, 4.69) is 16.8 Å². The Kier molecular flexibility index (Phi) is 6.89. The number of likely N-dealkylation sites (N-methyl/N-ethyl adjacent to an activating group) is 1. The zero-order valence-electron chi connectivity index (χ0n) is 12.8. The highest BCUT2D eigenvalue weighted by Crippen LogP contribution is 2.19. The summed E-state index contributed by atoms with van der Waals surface area (Å²) in [5, 5.41) is 0. The van der Waals surface area contributed by atoms with Crippen molar-refractivity contribution >= 4 is 8.80 Å². The first-order chi connectivity index (χ1) is 9.74. The van der Waals surface area contributed by atoms with Crippen LogP contribution in [0.15, 0.2) is 0 Å². The SMILES string of the molecule is CO[Si]1(CCCN2CCN(C)CC2)OCCOCCO1. The summed E-state index contributed by atoms with van der Waals surface area (Å²) in [6.07, 6.45) is 1.07. The maximum Gasteiger partial charge on any atom is 0.500 e. The molecule has 7 heteroatoms. The molecule has 2 fully saturated rings. The molecule has 0 aromatic heterocycles. The third-order valence-electron chi connectivity index (χ3n) is 3.96. The number of piperazine rings is 1. The minimum absolute atomic E-state index is 0.578. The van der Waals surface area contributed by atoms with E-state index in [-0.39, 0.29) is 0 Å². The largest absolute Gasteiger partial charge is 0.500 e. The summed E-state index contributed by atoms with van der Waals surface area (Å²) in [7, 11) is 1.44. The van der Waals surface area contributed by atoms with Crippen molar-refractivity contribution in [1.29, 1.82) is 0 Å². The third-order valence-corrected chi connectivity index (χ3v) is 6.84. The van der Waals surface area contributed by atoms with Gasteiger partial charge in [0.1, 0.15) is 0 Å². The fraction of sp³-hybridized carbons (Fsp3) is 1.00. The average molecular weight is 304 g/mol. The molecule has 0 aromatic carbocycles. The van der Waals surface area contributed by atoms with Gasteiger partial charge in [0.25, 0.3) is 0 Å². The Morgan fingerprint density at radius 1 is 1.00 bits per heavy atom. The second kappa shape index (κ2) is 8.43. The van der Waals surface area contributed by atoms with Crippen molar-refractivity contribution in [3.05, 3.63) is 0 Å². The Morgan fingerprint density at radius 3 is 2.25 bits per heavy atom. The summed E-state index contributed by atoms with van der Waals surface area (Å²) in [5.41, 5.74) is 0. The normalized spacial score (nSPS) is 26.1. The van der Waals surface area contributed by atoms with Gasteiger partial charge in [-0.05, 0) is 20.0 Å². The fourth-order valence-corrected chi connectivity index (χ4v) is 4.80. The lowest BCUT2D eigenvalue weighted by molar-refractivity contribution is -0.00991. The molecule has 0 unspecified atom stereocenters. The molecule has 0 N–H and O–H groups in total. The predicted molar refractivity (Wildman–Crippen MR) is 78.8 cm³/mol. The first kappa shape index (κ1) is 16.3. The number of nitrogens with zero attached hydrogens (tertiary/aromatic N) is 2. The minimum Gasteiger partial charge on any atom is -0.377 e. The molecule has 0 bridgehead atoms. The summed E-state index contributed by atoms with van der Waals surface area (Å²) >= 11 is 0. The highest BCUT2D eigenvalue weighted by Gasteiger charge is 2.40. The molecule has 0 radical (unpaired) electrons. The van der Waals surface area contributed by atoms with Crippen LogP contribution >= 0.6 is 0 Å². The topological polar surface area (TPSA) is 43.4 Å². The summed E-state index contributed by atoms with van der Waals surface area (Å²) in [6.45, 7) is 8.19. The van der Waals surface area contributed by atoms with Crippen molar-refractivity contribution in [2.75, 3.05) is 73.3 Å². The van der Waals surface area contributed by atoms with Gasteiger partial charge in [-0.3, -0.25) is 0 Å². The van der Waals surface area contributed by atoms with Crippen molar-refractivity contribution in [3.63, 3.8) is 0 Å². The van der Waals surface area contributed by atoms with Gasteiger partial charge in [-0.2, -0.15) is 0 Å². The van der Waals surface area contributed by atoms with Gasteiger partial charge in [0.05, 0.1) is 26.4 Å².